The van der Waals surface area contributed by atoms with Crippen molar-refractivity contribution in [3.05, 3.63) is 52.9 Å². The second-order valence-corrected chi connectivity index (χ2v) is 7.07. The van der Waals surface area contributed by atoms with Crippen LogP contribution in [0, 0.1) is 6.92 Å². The molecule has 6 heteroatoms. The summed E-state index contributed by atoms with van der Waals surface area (Å²) in [4.78, 5) is 27.0. The molecular weight excluding hydrogens is 330 g/mol. The Morgan fingerprint density at radius 3 is 2.46 bits per heavy atom. The molecule has 6 nitrogen and oxygen atoms in total. The van der Waals surface area contributed by atoms with Crippen LogP contribution in [-0.4, -0.2) is 41.0 Å². The molecule has 1 aromatic carbocycles. The van der Waals surface area contributed by atoms with Gasteiger partial charge in [-0.1, -0.05) is 37.2 Å². The minimum atomic E-state index is -0.0626. The lowest BCUT2D eigenvalue weighted by atomic mass is 10.0. The summed E-state index contributed by atoms with van der Waals surface area (Å²) >= 11 is 0. The number of hydrogen-bond donors (Lipinski definition) is 1. The molecule has 0 radical (unpaired) electrons. The molecule has 138 valence electrons. The number of amides is 2. The van der Waals surface area contributed by atoms with E-state index >= 15 is 0 Å². The minimum Gasteiger partial charge on any atom is -0.360 e. The molecule has 1 aliphatic heterocycles. The number of benzene rings is 1. The van der Waals surface area contributed by atoms with Crippen molar-refractivity contribution in [2.75, 3.05) is 13.1 Å². The number of nitrogens with zero attached hydrogens (tertiary/aromatic N) is 2. The fraction of sp³-hybridized carbons (Fsp3) is 0.450. The molecule has 3 rings (SSSR count). The predicted molar refractivity (Wildman–Crippen MR) is 98.2 cm³/mol. The van der Waals surface area contributed by atoms with Gasteiger partial charge in [-0.15, -0.1) is 0 Å². The molecule has 1 aromatic heterocycles. The van der Waals surface area contributed by atoms with Crippen LogP contribution in [-0.2, 0) is 0 Å². The molecule has 2 heterocycles. The van der Waals surface area contributed by atoms with Crippen molar-refractivity contribution in [2.45, 2.75) is 45.6 Å². The first-order chi connectivity index (χ1) is 12.5. The summed E-state index contributed by atoms with van der Waals surface area (Å²) in [6.45, 7) is 7.00. The highest BCUT2D eigenvalue weighted by molar-refractivity contribution is 5.96. The van der Waals surface area contributed by atoms with Gasteiger partial charge in [-0.2, -0.15) is 0 Å². The van der Waals surface area contributed by atoms with Crippen molar-refractivity contribution in [2.24, 2.45) is 0 Å². The molecule has 2 amide bonds. The van der Waals surface area contributed by atoms with Gasteiger partial charge < -0.3 is 14.7 Å². The Morgan fingerprint density at radius 2 is 1.85 bits per heavy atom. The Balaban J connectivity index is 1.59. The van der Waals surface area contributed by atoms with Gasteiger partial charge in [-0.05, 0) is 31.9 Å². The van der Waals surface area contributed by atoms with Gasteiger partial charge in [0.25, 0.3) is 11.8 Å². The maximum absolute atomic E-state index is 12.9. The van der Waals surface area contributed by atoms with Gasteiger partial charge in [0.05, 0.1) is 5.69 Å². The molecule has 1 fully saturated rings. The molecule has 0 spiro atoms. The van der Waals surface area contributed by atoms with Crippen LogP contribution in [0.5, 0.6) is 0 Å². The molecule has 0 unspecified atom stereocenters. The number of piperidine rings is 1. The maximum Gasteiger partial charge on any atom is 0.259 e. The lowest BCUT2D eigenvalue weighted by molar-refractivity contribution is 0.0695. The van der Waals surface area contributed by atoms with Crippen LogP contribution in [0.15, 0.2) is 34.9 Å². The van der Waals surface area contributed by atoms with Gasteiger partial charge in [0, 0.05) is 30.6 Å². The van der Waals surface area contributed by atoms with E-state index in [4.69, 9.17) is 4.52 Å². The van der Waals surface area contributed by atoms with Crippen LogP contribution in [0.3, 0.4) is 0 Å². The highest BCUT2D eigenvalue weighted by atomic mass is 16.5. The molecule has 0 aliphatic carbocycles. The number of rotatable bonds is 4. The Labute approximate surface area is 153 Å². The van der Waals surface area contributed by atoms with Gasteiger partial charge >= 0.3 is 0 Å². The van der Waals surface area contributed by atoms with Crippen LogP contribution in [0.4, 0.5) is 0 Å². The second kappa shape index (κ2) is 7.72. The summed E-state index contributed by atoms with van der Waals surface area (Å²) in [6.07, 6.45) is 1.48. The smallest absolute Gasteiger partial charge is 0.259 e. The van der Waals surface area contributed by atoms with Gasteiger partial charge in [-0.25, -0.2) is 0 Å². The first-order valence-corrected chi connectivity index (χ1v) is 9.08. The zero-order valence-electron chi connectivity index (χ0n) is 15.5. The van der Waals surface area contributed by atoms with Crippen molar-refractivity contribution >= 4 is 11.8 Å². The van der Waals surface area contributed by atoms with E-state index in [1.165, 1.54) is 0 Å². The second-order valence-electron chi connectivity index (χ2n) is 7.07. The third-order valence-electron chi connectivity index (χ3n) is 4.78. The van der Waals surface area contributed by atoms with Crippen molar-refractivity contribution in [3.8, 4) is 0 Å². The third-order valence-corrected chi connectivity index (χ3v) is 4.78. The Kier molecular flexibility index (Phi) is 5.40. The fourth-order valence-corrected chi connectivity index (χ4v) is 3.28. The lowest BCUT2D eigenvalue weighted by Gasteiger charge is -2.32. The van der Waals surface area contributed by atoms with Crippen LogP contribution < -0.4 is 5.32 Å². The highest BCUT2D eigenvalue weighted by Crippen LogP contribution is 2.25. The Morgan fingerprint density at radius 1 is 1.19 bits per heavy atom. The number of aryl methyl sites for hydroxylation is 1. The zero-order chi connectivity index (χ0) is 18.7. The normalized spacial score (nSPS) is 15.3. The molecule has 1 saturated heterocycles. The topological polar surface area (TPSA) is 75.4 Å². The summed E-state index contributed by atoms with van der Waals surface area (Å²) in [5.41, 5.74) is 1.89. The SMILES string of the molecule is Cc1noc(C(C)C)c1C(=O)N1CCC(NC(=O)c2ccccc2)CC1. The zero-order valence-corrected chi connectivity index (χ0v) is 15.5. The van der Waals surface area contributed by atoms with Gasteiger partial charge in [0.15, 0.2) is 5.76 Å². The Hall–Kier alpha value is -2.63. The number of carbonyl (C=O) groups excluding carboxylic acids is 2. The molecule has 0 atom stereocenters. The average Bonchev–Trinajstić information content (AvgIpc) is 3.04. The molecule has 1 aliphatic rings. The van der Waals surface area contributed by atoms with E-state index in [2.05, 4.69) is 10.5 Å². The number of nitrogens with one attached hydrogen (secondary N) is 1. The molecule has 1 N–H and O–H groups in total. The molecular formula is C20H25N3O3. The van der Waals surface area contributed by atoms with E-state index in [1.54, 1.807) is 19.1 Å². The van der Waals surface area contributed by atoms with E-state index in [-0.39, 0.29) is 23.8 Å². The maximum atomic E-state index is 12.9. The largest absolute Gasteiger partial charge is 0.360 e. The summed E-state index contributed by atoms with van der Waals surface area (Å²) < 4.78 is 5.34. The van der Waals surface area contributed by atoms with E-state index in [0.29, 0.717) is 35.7 Å². The van der Waals surface area contributed by atoms with E-state index in [9.17, 15) is 9.59 Å². The average molecular weight is 355 g/mol. The van der Waals surface area contributed by atoms with Crippen LogP contribution in [0.25, 0.3) is 0 Å². The van der Waals surface area contributed by atoms with Crippen molar-refractivity contribution in [1.82, 2.24) is 15.4 Å². The predicted octanol–water partition coefficient (Wildman–Crippen LogP) is 3.14. The summed E-state index contributed by atoms with van der Waals surface area (Å²) in [6, 6.07) is 9.28. The number of carbonyl (C=O) groups is 2. The monoisotopic (exact) mass is 355 g/mol. The van der Waals surface area contributed by atoms with Crippen molar-refractivity contribution < 1.29 is 14.1 Å². The third kappa shape index (κ3) is 3.79. The first-order valence-electron chi connectivity index (χ1n) is 9.08. The van der Waals surface area contributed by atoms with Gasteiger partial charge in [0.1, 0.15) is 5.56 Å². The molecule has 2 aromatic rings. The number of aromatic nitrogens is 1. The first kappa shape index (κ1) is 18.2. The number of likely N-dealkylation sites (tertiary alicyclic amines) is 1. The standard InChI is InChI=1S/C20H25N3O3/c1-13(2)18-17(14(3)22-26-18)20(25)23-11-9-16(10-12-23)21-19(24)15-7-5-4-6-8-15/h4-8,13,16H,9-12H2,1-3H3,(H,21,24). The van der Waals surface area contributed by atoms with E-state index in [1.807, 2.05) is 36.9 Å². The van der Waals surface area contributed by atoms with Crippen molar-refractivity contribution in [1.29, 1.82) is 0 Å². The van der Waals surface area contributed by atoms with E-state index in [0.717, 1.165) is 12.8 Å². The summed E-state index contributed by atoms with van der Waals surface area (Å²) in [5, 5.41) is 7.02. The summed E-state index contributed by atoms with van der Waals surface area (Å²) in [5.74, 6) is 0.664. The molecule has 0 bridgehead atoms. The van der Waals surface area contributed by atoms with Gasteiger partial charge in [0.2, 0.25) is 0 Å². The van der Waals surface area contributed by atoms with Crippen LogP contribution >= 0.6 is 0 Å². The minimum absolute atomic E-state index is 0.0275. The van der Waals surface area contributed by atoms with E-state index < -0.39 is 0 Å². The lowest BCUT2D eigenvalue weighted by Crippen LogP contribution is -2.46. The van der Waals surface area contributed by atoms with Crippen LogP contribution in [0.1, 0.15) is 64.8 Å². The number of hydrogen-bond acceptors (Lipinski definition) is 4. The fourth-order valence-electron chi connectivity index (χ4n) is 3.28. The summed E-state index contributed by atoms with van der Waals surface area (Å²) in [7, 11) is 0. The highest BCUT2D eigenvalue weighted by Gasteiger charge is 2.30. The quantitative estimate of drug-likeness (QED) is 0.914. The molecule has 0 saturated carbocycles. The Bertz CT molecular complexity index is 775. The molecule has 26 heavy (non-hydrogen) atoms. The van der Waals surface area contributed by atoms with Crippen LogP contribution in [0.2, 0.25) is 0 Å². The van der Waals surface area contributed by atoms with Crippen molar-refractivity contribution in [3.63, 3.8) is 0 Å². The van der Waals surface area contributed by atoms with Gasteiger partial charge in [-0.3, -0.25) is 9.59 Å².